The fourth-order valence-electron chi connectivity index (χ4n) is 1.95. The van der Waals surface area contributed by atoms with E-state index in [0.717, 1.165) is 50.8 Å². The van der Waals surface area contributed by atoms with E-state index in [-0.39, 0.29) is 5.60 Å². The number of ether oxygens (including phenoxy) is 1. The third kappa shape index (κ3) is 5.39. The molecule has 0 radical (unpaired) electrons. The Labute approximate surface area is 105 Å². The van der Waals surface area contributed by atoms with Crippen LogP contribution >= 0.6 is 0 Å². The molecule has 1 fully saturated rings. The van der Waals surface area contributed by atoms with Gasteiger partial charge in [-0.2, -0.15) is 0 Å². The van der Waals surface area contributed by atoms with Crippen LogP contribution in [0.2, 0.25) is 0 Å². The van der Waals surface area contributed by atoms with Crippen molar-refractivity contribution in [2.45, 2.75) is 45.6 Å². The summed E-state index contributed by atoms with van der Waals surface area (Å²) in [5.41, 5.74) is -0.0182. The molecule has 1 aliphatic heterocycles. The molecule has 0 aromatic rings. The highest BCUT2D eigenvalue weighted by Gasteiger charge is 2.29. The first-order valence-electron chi connectivity index (χ1n) is 6.64. The van der Waals surface area contributed by atoms with Gasteiger partial charge in [-0.05, 0) is 32.1 Å². The molecule has 0 aromatic carbocycles. The van der Waals surface area contributed by atoms with E-state index in [4.69, 9.17) is 4.74 Å². The summed E-state index contributed by atoms with van der Waals surface area (Å²) in [6.45, 7) is 9.30. The molecule has 0 saturated carbocycles. The summed E-state index contributed by atoms with van der Waals surface area (Å²) in [6.07, 6.45) is 3.45. The molecule has 0 spiro atoms. The van der Waals surface area contributed by atoms with Gasteiger partial charge in [-0.15, -0.1) is 0 Å². The summed E-state index contributed by atoms with van der Waals surface area (Å²) in [5.74, 6) is 1.60. The summed E-state index contributed by atoms with van der Waals surface area (Å²) in [5, 5.41) is 6.66. The van der Waals surface area contributed by atoms with Crippen molar-refractivity contribution in [2.24, 2.45) is 10.9 Å². The summed E-state index contributed by atoms with van der Waals surface area (Å²) in [4.78, 5) is 4.22. The van der Waals surface area contributed by atoms with Crippen molar-refractivity contribution in [3.63, 3.8) is 0 Å². The van der Waals surface area contributed by atoms with Crippen LogP contribution in [0.4, 0.5) is 0 Å². The van der Waals surface area contributed by atoms with Crippen molar-refractivity contribution in [3.8, 4) is 0 Å². The molecule has 1 rings (SSSR count). The van der Waals surface area contributed by atoms with Crippen LogP contribution in [0.15, 0.2) is 4.99 Å². The van der Waals surface area contributed by atoms with Gasteiger partial charge in [0.2, 0.25) is 0 Å². The lowest BCUT2D eigenvalue weighted by atomic mass is 10.0. The smallest absolute Gasteiger partial charge is 0.191 e. The average Bonchev–Trinajstić information content (AvgIpc) is 2.70. The van der Waals surface area contributed by atoms with Crippen LogP contribution in [0.25, 0.3) is 0 Å². The Hall–Kier alpha value is -0.770. The number of hydrogen-bond acceptors (Lipinski definition) is 2. The molecule has 0 bridgehead atoms. The Morgan fingerprint density at radius 3 is 2.71 bits per heavy atom. The number of nitrogens with one attached hydrogen (secondary N) is 2. The molecule has 0 aromatic heterocycles. The minimum absolute atomic E-state index is 0.0182. The molecule has 1 atom stereocenters. The predicted molar refractivity (Wildman–Crippen MR) is 72.4 cm³/mol. The van der Waals surface area contributed by atoms with Crippen molar-refractivity contribution in [3.05, 3.63) is 0 Å². The SMILES string of the molecule is CN=C(NCCC(C)C)NCC1(C)CCCO1. The van der Waals surface area contributed by atoms with Crippen molar-refractivity contribution in [1.82, 2.24) is 10.6 Å². The summed E-state index contributed by atoms with van der Waals surface area (Å²) < 4.78 is 5.73. The molecule has 2 N–H and O–H groups in total. The van der Waals surface area contributed by atoms with E-state index in [2.05, 4.69) is 36.4 Å². The Kier molecular flexibility index (Phi) is 5.75. The maximum atomic E-state index is 5.73. The van der Waals surface area contributed by atoms with Crippen molar-refractivity contribution >= 4 is 5.96 Å². The van der Waals surface area contributed by atoms with Crippen LogP contribution < -0.4 is 10.6 Å². The second-order valence-corrected chi connectivity index (χ2v) is 5.44. The first-order chi connectivity index (χ1) is 8.06. The fraction of sp³-hybridized carbons (Fsp3) is 0.923. The maximum Gasteiger partial charge on any atom is 0.191 e. The molecule has 4 nitrogen and oxygen atoms in total. The molecule has 0 aliphatic carbocycles. The lowest BCUT2D eigenvalue weighted by molar-refractivity contribution is 0.0243. The Morgan fingerprint density at radius 2 is 2.18 bits per heavy atom. The van der Waals surface area contributed by atoms with Gasteiger partial charge in [0.25, 0.3) is 0 Å². The van der Waals surface area contributed by atoms with Gasteiger partial charge in [0.05, 0.1) is 5.60 Å². The molecule has 1 aliphatic rings. The number of nitrogens with zero attached hydrogens (tertiary/aromatic N) is 1. The zero-order chi connectivity index (χ0) is 12.7. The number of hydrogen-bond donors (Lipinski definition) is 2. The Balaban J connectivity index is 2.23. The minimum atomic E-state index is -0.0182. The van der Waals surface area contributed by atoms with Crippen LogP contribution in [0, 0.1) is 5.92 Å². The highest BCUT2D eigenvalue weighted by molar-refractivity contribution is 5.79. The van der Waals surface area contributed by atoms with Gasteiger partial charge in [0.15, 0.2) is 5.96 Å². The predicted octanol–water partition coefficient (Wildman–Crippen LogP) is 1.77. The normalized spacial score (nSPS) is 25.4. The molecule has 1 heterocycles. The molecular formula is C13H27N3O. The second kappa shape index (κ2) is 6.84. The summed E-state index contributed by atoms with van der Waals surface area (Å²) in [7, 11) is 1.81. The second-order valence-electron chi connectivity index (χ2n) is 5.44. The largest absolute Gasteiger partial charge is 0.373 e. The maximum absolute atomic E-state index is 5.73. The summed E-state index contributed by atoms with van der Waals surface area (Å²) in [6, 6.07) is 0. The van der Waals surface area contributed by atoms with Gasteiger partial charge >= 0.3 is 0 Å². The van der Waals surface area contributed by atoms with Crippen LogP contribution in [-0.2, 0) is 4.74 Å². The quantitative estimate of drug-likeness (QED) is 0.569. The molecule has 17 heavy (non-hydrogen) atoms. The van der Waals surface area contributed by atoms with Crippen LogP contribution in [-0.4, -0.2) is 38.3 Å². The van der Waals surface area contributed by atoms with E-state index >= 15 is 0 Å². The van der Waals surface area contributed by atoms with Gasteiger partial charge in [0, 0.05) is 26.7 Å². The van der Waals surface area contributed by atoms with Crippen molar-refractivity contribution < 1.29 is 4.74 Å². The highest BCUT2D eigenvalue weighted by Crippen LogP contribution is 2.23. The molecule has 1 saturated heterocycles. The van der Waals surface area contributed by atoms with E-state index < -0.39 is 0 Å². The van der Waals surface area contributed by atoms with E-state index in [0.29, 0.717) is 0 Å². The zero-order valence-electron chi connectivity index (χ0n) is 11.7. The Bertz CT molecular complexity index is 245. The van der Waals surface area contributed by atoms with E-state index in [1.165, 1.54) is 0 Å². The minimum Gasteiger partial charge on any atom is -0.373 e. The molecule has 100 valence electrons. The monoisotopic (exact) mass is 241 g/mol. The summed E-state index contributed by atoms with van der Waals surface area (Å²) >= 11 is 0. The number of guanidine groups is 1. The highest BCUT2D eigenvalue weighted by atomic mass is 16.5. The Morgan fingerprint density at radius 1 is 1.41 bits per heavy atom. The topological polar surface area (TPSA) is 45.7 Å². The van der Waals surface area contributed by atoms with E-state index in [1.54, 1.807) is 0 Å². The van der Waals surface area contributed by atoms with Crippen LogP contribution in [0.3, 0.4) is 0 Å². The van der Waals surface area contributed by atoms with Gasteiger partial charge in [0.1, 0.15) is 0 Å². The lowest BCUT2D eigenvalue weighted by Crippen LogP contribution is -2.45. The first kappa shape index (κ1) is 14.3. The van der Waals surface area contributed by atoms with E-state index in [9.17, 15) is 0 Å². The van der Waals surface area contributed by atoms with Gasteiger partial charge < -0.3 is 15.4 Å². The first-order valence-corrected chi connectivity index (χ1v) is 6.64. The molecule has 0 amide bonds. The van der Waals surface area contributed by atoms with E-state index in [1.807, 2.05) is 7.05 Å². The molecule has 4 heteroatoms. The lowest BCUT2D eigenvalue weighted by Gasteiger charge is -2.24. The number of aliphatic imine (C=N–C) groups is 1. The standard InChI is InChI=1S/C13H27N3O/c1-11(2)6-8-15-12(14-4)16-10-13(3)7-5-9-17-13/h11H,5-10H2,1-4H3,(H2,14,15,16). The molecule has 1 unspecified atom stereocenters. The fourth-order valence-corrected chi connectivity index (χ4v) is 1.95. The third-order valence-corrected chi connectivity index (χ3v) is 3.17. The average molecular weight is 241 g/mol. The van der Waals surface area contributed by atoms with Crippen molar-refractivity contribution in [2.75, 3.05) is 26.7 Å². The van der Waals surface area contributed by atoms with Gasteiger partial charge in [-0.1, -0.05) is 13.8 Å². The van der Waals surface area contributed by atoms with Gasteiger partial charge in [-0.3, -0.25) is 4.99 Å². The van der Waals surface area contributed by atoms with Gasteiger partial charge in [-0.25, -0.2) is 0 Å². The number of rotatable bonds is 5. The zero-order valence-corrected chi connectivity index (χ0v) is 11.7. The third-order valence-electron chi connectivity index (χ3n) is 3.17. The van der Waals surface area contributed by atoms with Crippen molar-refractivity contribution in [1.29, 1.82) is 0 Å². The molecular weight excluding hydrogens is 214 g/mol. The van der Waals surface area contributed by atoms with Crippen LogP contribution in [0.5, 0.6) is 0 Å². The van der Waals surface area contributed by atoms with Crippen LogP contribution in [0.1, 0.15) is 40.0 Å².